The maximum Gasteiger partial charge on any atom is 0.0542 e. The highest BCUT2D eigenvalue weighted by Gasteiger charge is 2.38. The molecule has 466 valence electrons. The van der Waals surface area contributed by atoms with E-state index in [1.807, 2.05) is 12.2 Å². The molecule has 14 aromatic carbocycles. The van der Waals surface area contributed by atoms with Gasteiger partial charge in [0, 0.05) is 67.3 Å². The van der Waals surface area contributed by atoms with Crippen molar-refractivity contribution in [3.8, 4) is 72.4 Å². The zero-order valence-electron chi connectivity index (χ0n) is 55.5. The predicted octanol–water partition coefficient (Wildman–Crippen LogP) is 25.8. The van der Waals surface area contributed by atoms with Gasteiger partial charge >= 0.3 is 0 Å². The number of hydrogen-bond donors (Lipinski definition) is 0. The van der Waals surface area contributed by atoms with E-state index >= 15 is 0 Å². The number of anilines is 6. The average molecular weight is 1250 g/mol. The van der Waals surface area contributed by atoms with Crippen LogP contribution in [-0.2, 0) is 10.8 Å². The lowest BCUT2D eigenvalue weighted by Gasteiger charge is -2.28. The second-order valence-corrected chi connectivity index (χ2v) is 27.7. The maximum absolute atomic E-state index is 4.10. The molecule has 0 fully saturated rings. The van der Waals surface area contributed by atoms with Crippen molar-refractivity contribution in [1.29, 1.82) is 0 Å². The van der Waals surface area contributed by atoms with E-state index in [9.17, 15) is 0 Å². The van der Waals surface area contributed by atoms with Crippen molar-refractivity contribution in [2.24, 2.45) is 0 Å². The monoisotopic (exact) mass is 1250 g/mol. The molecule has 1 aromatic heterocycles. The van der Waals surface area contributed by atoms with Crippen LogP contribution >= 0.6 is 0 Å². The van der Waals surface area contributed by atoms with E-state index in [4.69, 9.17) is 0 Å². The van der Waals surface area contributed by atoms with Gasteiger partial charge in [0.05, 0.1) is 11.0 Å². The molecule has 1 heterocycles. The molecule has 15 aromatic rings. The Hall–Kier alpha value is -12.0. The molecule has 0 amide bonds. The van der Waals surface area contributed by atoms with Crippen LogP contribution in [0.15, 0.2) is 329 Å². The van der Waals surface area contributed by atoms with Gasteiger partial charge in [-0.3, -0.25) is 0 Å². The smallest absolute Gasteiger partial charge is 0.0542 e. The molecule has 0 aliphatic heterocycles. The minimum Gasteiger partial charge on any atom is -0.310 e. The Balaban J connectivity index is 0.738. The molecule has 1 atom stereocenters. The van der Waals surface area contributed by atoms with Crippen molar-refractivity contribution in [2.75, 3.05) is 9.80 Å². The van der Waals surface area contributed by atoms with Crippen LogP contribution in [0, 0.1) is 0 Å². The summed E-state index contributed by atoms with van der Waals surface area (Å²) in [5.74, 6) is 0.0935. The molecule has 1 unspecified atom stereocenters. The highest BCUT2D eigenvalue weighted by atomic mass is 15.1. The molecule has 0 saturated carbocycles. The first-order valence-electron chi connectivity index (χ1n) is 34.2. The summed E-state index contributed by atoms with van der Waals surface area (Å²) >= 11 is 0. The maximum atomic E-state index is 4.10. The van der Waals surface area contributed by atoms with Crippen molar-refractivity contribution in [3.05, 3.63) is 379 Å². The van der Waals surface area contributed by atoms with E-state index in [-0.39, 0.29) is 16.7 Å². The quantitative estimate of drug-likeness (QED) is 0.114. The molecule has 18 rings (SSSR count). The lowest BCUT2D eigenvalue weighted by Crippen LogP contribution is -2.16. The minimum atomic E-state index is -0.156. The fourth-order valence-electron chi connectivity index (χ4n) is 16.5. The lowest BCUT2D eigenvalue weighted by molar-refractivity contribution is 0.660. The van der Waals surface area contributed by atoms with E-state index < -0.39 is 0 Å². The van der Waals surface area contributed by atoms with Gasteiger partial charge in [-0.15, -0.1) is 0 Å². The first-order valence-corrected chi connectivity index (χ1v) is 34.2. The van der Waals surface area contributed by atoms with Crippen LogP contribution in [0.4, 0.5) is 34.1 Å². The number of aromatic nitrogens is 1. The fraction of sp³-hybridized carbons (Fsp3) is 0.0737. The van der Waals surface area contributed by atoms with Gasteiger partial charge in [-0.05, 0) is 232 Å². The number of hydrogen-bond acceptors (Lipinski definition) is 2. The summed E-state index contributed by atoms with van der Waals surface area (Å²) < 4.78 is 2.43. The van der Waals surface area contributed by atoms with Crippen LogP contribution in [0.5, 0.6) is 0 Å². The molecular formula is C95H71N3. The minimum absolute atomic E-state index is 0.0935. The number of nitrogens with zero attached hydrogens (tertiary/aromatic N) is 3. The first-order chi connectivity index (χ1) is 48.0. The topological polar surface area (TPSA) is 11.4 Å². The van der Waals surface area contributed by atoms with E-state index in [0.29, 0.717) is 0 Å². The van der Waals surface area contributed by atoms with Crippen LogP contribution in [0.3, 0.4) is 0 Å². The molecule has 3 nitrogen and oxygen atoms in total. The SMILES string of the molecule is C=Cc1ccc(-c2ccc(N(c3ccc(-c4ccc5c(c4)-c4cc(-c6ccc7c(c6)c6cc(N(c8ccc(C=C)cc8)c8ccc9c(c8)C(C)(C)c8ccccc8-9)ccc6n7-c6ccccc6)ccc4C5c4ccccc4)cc3)c3ccc4c(c3)C(C)(C)c3ccccc3-4)cc2)cc1. The lowest BCUT2D eigenvalue weighted by atomic mass is 9.82. The second kappa shape index (κ2) is 22.8. The summed E-state index contributed by atoms with van der Waals surface area (Å²) in [6.07, 6.45) is 3.81. The van der Waals surface area contributed by atoms with Gasteiger partial charge in [0.25, 0.3) is 0 Å². The van der Waals surface area contributed by atoms with E-state index in [2.05, 4.69) is 371 Å². The highest BCUT2D eigenvalue weighted by molar-refractivity contribution is 6.12. The number of para-hydroxylation sites is 1. The molecule has 0 saturated heterocycles. The number of rotatable bonds is 13. The molecule has 3 heteroatoms. The summed E-state index contributed by atoms with van der Waals surface area (Å²) in [4.78, 5) is 4.85. The Morgan fingerprint density at radius 3 is 1.18 bits per heavy atom. The van der Waals surface area contributed by atoms with Crippen molar-refractivity contribution in [2.45, 2.75) is 44.4 Å². The van der Waals surface area contributed by atoms with E-state index in [1.165, 1.54) is 116 Å². The molecule has 0 bridgehead atoms. The molecule has 0 spiro atoms. The van der Waals surface area contributed by atoms with Gasteiger partial charge in [0.15, 0.2) is 0 Å². The summed E-state index contributed by atoms with van der Waals surface area (Å²) in [5, 5.41) is 2.38. The first kappa shape index (κ1) is 58.5. The van der Waals surface area contributed by atoms with Gasteiger partial charge in [-0.1, -0.05) is 253 Å². The predicted molar refractivity (Wildman–Crippen MR) is 415 cm³/mol. The molecule has 0 N–H and O–H groups in total. The van der Waals surface area contributed by atoms with Crippen molar-refractivity contribution in [3.63, 3.8) is 0 Å². The third kappa shape index (κ3) is 9.40. The van der Waals surface area contributed by atoms with E-state index in [1.54, 1.807) is 0 Å². The Bertz CT molecular complexity index is 5690. The molecule has 0 radical (unpaired) electrons. The van der Waals surface area contributed by atoms with Crippen LogP contribution in [0.1, 0.15) is 83.7 Å². The molecule has 3 aliphatic carbocycles. The summed E-state index contributed by atoms with van der Waals surface area (Å²) in [5.41, 5.74) is 36.1. The van der Waals surface area contributed by atoms with Gasteiger partial charge in [-0.2, -0.15) is 0 Å². The third-order valence-corrected chi connectivity index (χ3v) is 21.6. The molecular weight excluding hydrogens is 1180 g/mol. The molecule has 98 heavy (non-hydrogen) atoms. The Morgan fingerprint density at radius 2 is 0.653 bits per heavy atom. The summed E-state index contributed by atoms with van der Waals surface area (Å²) in [7, 11) is 0. The zero-order valence-corrected chi connectivity index (χ0v) is 55.5. The fourth-order valence-corrected chi connectivity index (χ4v) is 16.5. The van der Waals surface area contributed by atoms with Gasteiger partial charge < -0.3 is 14.4 Å². The Labute approximate surface area is 574 Å². The average Bonchev–Trinajstić information content (AvgIpc) is 1.58. The van der Waals surface area contributed by atoms with Crippen LogP contribution in [0.25, 0.3) is 106 Å². The number of fused-ring (bicyclic) bond motifs is 12. The van der Waals surface area contributed by atoms with Crippen LogP contribution < -0.4 is 9.80 Å². The largest absolute Gasteiger partial charge is 0.310 e. The van der Waals surface area contributed by atoms with Gasteiger partial charge in [0.1, 0.15) is 0 Å². The zero-order chi connectivity index (χ0) is 66.0. The van der Waals surface area contributed by atoms with Crippen molar-refractivity contribution in [1.82, 2.24) is 4.57 Å². The van der Waals surface area contributed by atoms with Crippen LogP contribution in [-0.4, -0.2) is 4.57 Å². The van der Waals surface area contributed by atoms with Crippen LogP contribution in [0.2, 0.25) is 0 Å². The Kier molecular flexibility index (Phi) is 13.6. The highest BCUT2D eigenvalue weighted by Crippen LogP contribution is 2.55. The van der Waals surface area contributed by atoms with Crippen molar-refractivity contribution < 1.29 is 0 Å². The normalized spacial score (nSPS) is 14.1. The summed E-state index contributed by atoms with van der Waals surface area (Å²) in [6, 6.07) is 118. The molecule has 3 aliphatic rings. The standard InChI is InChI=1S/C95H71N3/c1-7-61-27-31-63(32-28-61)64-33-42-72(43-34-64)96(75-46-51-79-77-23-15-17-25-87(77)94(3,4)89(79)59-75)73-44-35-65(36-45-73)67-37-49-81-83(55-67)84-56-68(38-50-82(84)93(81)66-19-11-9-12-20-66)69-39-53-91-85(57-69)86-58-74(48-54-92(86)98(91)70-21-13-10-14-22-70)97(71-40-29-62(8-2)30-41-71)76-47-52-80-78-24-16-18-26-88(78)95(5,6)90(80)60-76/h7-60,93H,1-2H2,3-6H3. The van der Waals surface area contributed by atoms with Gasteiger partial charge in [0.2, 0.25) is 0 Å². The van der Waals surface area contributed by atoms with Crippen molar-refractivity contribution >= 4 is 68.1 Å². The van der Waals surface area contributed by atoms with Gasteiger partial charge in [-0.25, -0.2) is 0 Å². The number of benzene rings is 14. The van der Waals surface area contributed by atoms with E-state index in [0.717, 1.165) is 62.0 Å². The Morgan fingerprint density at radius 1 is 0.296 bits per heavy atom. The summed E-state index contributed by atoms with van der Waals surface area (Å²) in [6.45, 7) is 17.5. The second-order valence-electron chi connectivity index (χ2n) is 27.7. The third-order valence-electron chi connectivity index (χ3n) is 21.6.